The largest absolute Gasteiger partial charge is 0.462 e. The van der Waals surface area contributed by atoms with Crippen LogP contribution in [0.2, 0.25) is 0 Å². The first-order valence-electron chi connectivity index (χ1n) is 28.6. The Morgan fingerprint density at radius 1 is 0.314 bits per heavy atom. The van der Waals surface area contributed by atoms with Gasteiger partial charge in [-0.05, 0) is 70.6 Å². The van der Waals surface area contributed by atoms with Crippen LogP contribution in [0, 0.1) is 0 Å². The van der Waals surface area contributed by atoms with E-state index in [0.717, 1.165) is 70.6 Å². The fraction of sp³-hybridized carbons (Fsp3) is 0.641. The van der Waals surface area contributed by atoms with Gasteiger partial charge in [-0.25, -0.2) is 0 Å². The summed E-state index contributed by atoms with van der Waals surface area (Å²) in [4.78, 5) is 38.1. The van der Waals surface area contributed by atoms with Gasteiger partial charge in [0, 0.05) is 19.3 Å². The lowest BCUT2D eigenvalue weighted by Gasteiger charge is -2.18. The molecule has 0 heterocycles. The molecule has 0 N–H and O–H groups in total. The average Bonchev–Trinajstić information content (AvgIpc) is 3.36. The van der Waals surface area contributed by atoms with E-state index in [2.05, 4.69) is 69.4 Å². The third kappa shape index (κ3) is 54.7. The highest BCUT2D eigenvalue weighted by Crippen LogP contribution is 2.15. The van der Waals surface area contributed by atoms with Crippen molar-refractivity contribution in [3.63, 3.8) is 0 Å². The van der Waals surface area contributed by atoms with Gasteiger partial charge in [-0.15, -0.1) is 0 Å². The van der Waals surface area contributed by atoms with Crippen LogP contribution in [0.1, 0.15) is 245 Å². The number of unbranched alkanes of at least 4 members (excludes halogenated alkanes) is 25. The van der Waals surface area contributed by atoms with Gasteiger partial charge < -0.3 is 14.2 Å². The van der Waals surface area contributed by atoms with Crippen molar-refractivity contribution in [2.45, 2.75) is 252 Å². The molecule has 0 spiro atoms. The van der Waals surface area contributed by atoms with Crippen LogP contribution >= 0.6 is 0 Å². The maximum absolute atomic E-state index is 12.8. The highest BCUT2D eigenvalue weighted by molar-refractivity contribution is 5.71. The van der Waals surface area contributed by atoms with Gasteiger partial charge in [-0.1, -0.05) is 277 Å². The molecule has 0 aromatic carbocycles. The van der Waals surface area contributed by atoms with Crippen LogP contribution in [0.5, 0.6) is 0 Å². The molecular formula is C64H104O6. The zero-order valence-electron chi connectivity index (χ0n) is 45.2. The van der Waals surface area contributed by atoms with Gasteiger partial charge >= 0.3 is 17.9 Å². The Balaban J connectivity index is 4.57. The van der Waals surface area contributed by atoms with Crippen molar-refractivity contribution >= 4 is 17.9 Å². The van der Waals surface area contributed by atoms with E-state index in [0.29, 0.717) is 19.3 Å². The fourth-order valence-electron chi connectivity index (χ4n) is 7.62. The van der Waals surface area contributed by atoms with E-state index in [1.807, 2.05) is 72.9 Å². The van der Waals surface area contributed by atoms with E-state index < -0.39 is 6.10 Å². The number of hydrogen-bond acceptors (Lipinski definition) is 6. The Bertz CT molecular complexity index is 1490. The summed E-state index contributed by atoms with van der Waals surface area (Å²) in [7, 11) is 0. The molecule has 0 aromatic rings. The van der Waals surface area contributed by atoms with E-state index in [4.69, 9.17) is 14.2 Å². The molecule has 0 aliphatic carbocycles. The van der Waals surface area contributed by atoms with Crippen molar-refractivity contribution in [2.75, 3.05) is 13.2 Å². The maximum Gasteiger partial charge on any atom is 0.306 e. The zero-order chi connectivity index (χ0) is 50.7. The molecule has 0 aromatic heterocycles. The van der Waals surface area contributed by atoms with Crippen LogP contribution in [0.15, 0.2) is 122 Å². The maximum atomic E-state index is 12.8. The number of carbonyl (C=O) groups excluding carboxylic acids is 3. The van der Waals surface area contributed by atoms with Gasteiger partial charge in [0.15, 0.2) is 6.10 Å². The Labute approximate surface area is 431 Å². The second-order valence-corrected chi connectivity index (χ2v) is 18.7. The third-order valence-electron chi connectivity index (χ3n) is 11.9. The number of ether oxygens (including phenoxy) is 3. The van der Waals surface area contributed by atoms with Crippen LogP contribution in [0.25, 0.3) is 0 Å². The molecule has 1 unspecified atom stereocenters. The normalized spacial score (nSPS) is 13.0. The topological polar surface area (TPSA) is 78.9 Å². The molecule has 70 heavy (non-hydrogen) atoms. The molecule has 0 bridgehead atoms. The van der Waals surface area contributed by atoms with E-state index in [1.165, 1.54) is 128 Å². The van der Waals surface area contributed by atoms with Crippen LogP contribution in [0.3, 0.4) is 0 Å². The monoisotopic (exact) mass is 969 g/mol. The minimum Gasteiger partial charge on any atom is -0.462 e. The lowest BCUT2D eigenvalue weighted by atomic mass is 10.0. The van der Waals surface area contributed by atoms with Crippen LogP contribution in [-0.4, -0.2) is 37.2 Å². The fourth-order valence-corrected chi connectivity index (χ4v) is 7.62. The first-order chi connectivity index (χ1) is 34.5. The Morgan fingerprint density at radius 2 is 0.629 bits per heavy atom. The van der Waals surface area contributed by atoms with Gasteiger partial charge in [0.25, 0.3) is 0 Å². The molecular weight excluding hydrogens is 865 g/mol. The summed E-state index contributed by atoms with van der Waals surface area (Å²) >= 11 is 0. The minimum atomic E-state index is -0.826. The van der Waals surface area contributed by atoms with Crippen molar-refractivity contribution in [3.8, 4) is 0 Å². The van der Waals surface area contributed by atoms with Crippen LogP contribution in [0.4, 0.5) is 0 Å². The first kappa shape index (κ1) is 65.8. The molecule has 0 fully saturated rings. The van der Waals surface area contributed by atoms with Crippen molar-refractivity contribution in [2.24, 2.45) is 0 Å². The van der Waals surface area contributed by atoms with E-state index >= 15 is 0 Å². The number of allylic oxidation sites excluding steroid dienone is 20. The SMILES string of the molecule is CC\C=C/C=C\C=C/C=C\C=C\C=C/C=C\CCCCCC(=O)OCC(COC(=O)CCCCCCCCCCCCCCCCCC)OC(=O)CCC/C=C\C/C=C\C/C=C\CCCCCCCC. The number of esters is 3. The molecule has 0 amide bonds. The molecule has 0 saturated heterocycles. The Hall–Kier alpha value is -4.19. The predicted octanol–water partition coefficient (Wildman–Crippen LogP) is 19.3. The van der Waals surface area contributed by atoms with Crippen LogP contribution < -0.4 is 0 Å². The molecule has 6 nitrogen and oxygen atoms in total. The molecule has 0 aliphatic heterocycles. The molecule has 0 saturated carbocycles. The van der Waals surface area contributed by atoms with Crippen LogP contribution in [-0.2, 0) is 28.6 Å². The van der Waals surface area contributed by atoms with Crippen molar-refractivity contribution in [3.05, 3.63) is 122 Å². The minimum absolute atomic E-state index is 0.114. The summed E-state index contributed by atoms with van der Waals surface area (Å²) in [5.74, 6) is -1.01. The zero-order valence-corrected chi connectivity index (χ0v) is 45.2. The molecule has 0 radical (unpaired) electrons. The smallest absolute Gasteiger partial charge is 0.306 e. The molecule has 1 atom stereocenters. The van der Waals surface area contributed by atoms with Gasteiger partial charge in [0.05, 0.1) is 0 Å². The van der Waals surface area contributed by atoms with Gasteiger partial charge in [0.1, 0.15) is 13.2 Å². The summed E-state index contributed by atoms with van der Waals surface area (Å²) < 4.78 is 16.8. The van der Waals surface area contributed by atoms with Crippen molar-refractivity contribution in [1.29, 1.82) is 0 Å². The molecule has 396 valence electrons. The van der Waals surface area contributed by atoms with E-state index in [9.17, 15) is 14.4 Å². The summed E-state index contributed by atoms with van der Waals surface area (Å²) in [5, 5.41) is 0. The second kappa shape index (κ2) is 57.4. The summed E-state index contributed by atoms with van der Waals surface area (Å²) in [6.07, 6.45) is 79.0. The van der Waals surface area contributed by atoms with Gasteiger partial charge in [-0.2, -0.15) is 0 Å². The quantitative estimate of drug-likeness (QED) is 0.0199. The Kier molecular flexibility index (Phi) is 54.0. The number of rotatable bonds is 50. The second-order valence-electron chi connectivity index (χ2n) is 18.7. The summed E-state index contributed by atoms with van der Waals surface area (Å²) in [5.41, 5.74) is 0. The lowest BCUT2D eigenvalue weighted by Crippen LogP contribution is -2.30. The first-order valence-corrected chi connectivity index (χ1v) is 28.6. The standard InChI is InChI=1S/C64H104O6/c1-4-7-10-13-16-19-22-25-28-31-32-34-36-39-42-45-48-51-54-57-63(66)69-60-61(59-68-62(65)56-53-50-47-44-41-38-35-30-27-24-21-18-15-12-9-6-3)70-64(67)58-55-52-49-46-43-40-37-33-29-26-23-20-17-14-11-8-5-2/h7,10,13,16,19,22,25-26,28-29,31-32,34,36-37,39-40,42,46,49,61H,4-6,8-9,11-12,14-15,17-18,20-21,23-24,27,30,33,35,38,41,43-45,47-48,50-60H2,1-3H3/b10-7-,16-13-,22-19-,28-25-,29-26-,32-31+,36-34-,40-37-,42-39-,49-46-. The highest BCUT2D eigenvalue weighted by Gasteiger charge is 2.19. The summed E-state index contributed by atoms with van der Waals surface area (Å²) in [6, 6.07) is 0. The van der Waals surface area contributed by atoms with Crippen molar-refractivity contribution in [1.82, 2.24) is 0 Å². The molecule has 6 heteroatoms. The van der Waals surface area contributed by atoms with Gasteiger partial charge in [-0.3, -0.25) is 14.4 Å². The molecule has 0 rings (SSSR count). The van der Waals surface area contributed by atoms with E-state index in [-0.39, 0.29) is 37.5 Å². The number of carbonyl (C=O) groups is 3. The Morgan fingerprint density at radius 3 is 1.06 bits per heavy atom. The van der Waals surface area contributed by atoms with E-state index in [1.54, 1.807) is 0 Å². The van der Waals surface area contributed by atoms with Gasteiger partial charge in [0.2, 0.25) is 0 Å². The summed E-state index contributed by atoms with van der Waals surface area (Å²) in [6.45, 7) is 6.41. The predicted molar refractivity (Wildman–Crippen MR) is 302 cm³/mol. The number of hydrogen-bond donors (Lipinski definition) is 0. The highest BCUT2D eigenvalue weighted by atomic mass is 16.6. The average molecular weight is 970 g/mol. The van der Waals surface area contributed by atoms with Crippen molar-refractivity contribution < 1.29 is 28.6 Å². The molecule has 0 aliphatic rings. The lowest BCUT2D eigenvalue weighted by molar-refractivity contribution is -0.167. The third-order valence-corrected chi connectivity index (χ3v) is 11.9.